The fourth-order valence-electron chi connectivity index (χ4n) is 5.72. The van der Waals surface area contributed by atoms with Crippen LogP contribution in [0.4, 0.5) is 13.2 Å². The van der Waals surface area contributed by atoms with Gasteiger partial charge in [0.15, 0.2) is 17.4 Å². The molecule has 1 aliphatic heterocycles. The number of hydrogen-bond donors (Lipinski definition) is 1. The number of nitrogens with one attached hydrogen (secondary N) is 1. The van der Waals surface area contributed by atoms with Crippen molar-refractivity contribution < 1.29 is 27.6 Å². The topological polar surface area (TPSA) is 66.5 Å². The van der Waals surface area contributed by atoms with Crippen LogP contribution in [0.3, 0.4) is 0 Å². The maximum atomic E-state index is 15.2. The summed E-state index contributed by atoms with van der Waals surface area (Å²) in [6.07, 6.45) is 1.29. The van der Waals surface area contributed by atoms with E-state index in [1.165, 1.54) is 0 Å². The van der Waals surface area contributed by atoms with Crippen molar-refractivity contribution in [3.05, 3.63) is 70.5 Å². The molecule has 0 radical (unpaired) electrons. The molecule has 1 fully saturated rings. The van der Waals surface area contributed by atoms with Gasteiger partial charge in [0.1, 0.15) is 23.9 Å². The molecule has 38 heavy (non-hydrogen) atoms. The average molecular weight is 529 g/mol. The Hall–Kier alpha value is -3.16. The fraction of sp³-hybridized carbons (Fsp3) is 0.500. The second-order valence-corrected chi connectivity index (χ2v) is 12.2. The molecular weight excluding hydrogens is 493 g/mol. The summed E-state index contributed by atoms with van der Waals surface area (Å²) in [6, 6.07) is 5.26. The molecule has 0 bridgehead atoms. The van der Waals surface area contributed by atoms with E-state index in [1.54, 1.807) is 0 Å². The van der Waals surface area contributed by atoms with E-state index in [-0.39, 0.29) is 24.7 Å². The van der Waals surface area contributed by atoms with E-state index in [1.807, 2.05) is 58.9 Å². The van der Waals surface area contributed by atoms with Gasteiger partial charge < -0.3 is 10.2 Å². The van der Waals surface area contributed by atoms with Gasteiger partial charge in [-0.1, -0.05) is 58.9 Å². The summed E-state index contributed by atoms with van der Waals surface area (Å²) in [5, 5.41) is 2.89. The maximum absolute atomic E-state index is 15.2. The lowest BCUT2D eigenvalue weighted by Gasteiger charge is -2.45. The van der Waals surface area contributed by atoms with Gasteiger partial charge >= 0.3 is 0 Å². The minimum Gasteiger partial charge on any atom is -0.342 e. The highest BCUT2D eigenvalue weighted by Crippen LogP contribution is 2.38. The van der Waals surface area contributed by atoms with Crippen molar-refractivity contribution in [3.8, 4) is 0 Å². The van der Waals surface area contributed by atoms with E-state index in [0.717, 1.165) is 16.0 Å². The number of benzene rings is 2. The molecule has 0 aromatic heterocycles. The van der Waals surface area contributed by atoms with Gasteiger partial charge in [-0.15, -0.1) is 0 Å². The Kier molecular flexibility index (Phi) is 7.73. The van der Waals surface area contributed by atoms with E-state index < -0.39 is 64.2 Å². The molecule has 1 heterocycles. The van der Waals surface area contributed by atoms with Crippen molar-refractivity contribution in [1.29, 1.82) is 0 Å². The molecule has 1 N–H and O–H groups in total. The normalized spacial score (nSPS) is 21.0. The van der Waals surface area contributed by atoms with Gasteiger partial charge in [0, 0.05) is 18.1 Å². The number of hydrogen-bond acceptors (Lipinski definition) is 3. The van der Waals surface area contributed by atoms with E-state index in [2.05, 4.69) is 5.32 Å². The third-order valence-corrected chi connectivity index (χ3v) is 7.33. The number of amides is 2. The van der Waals surface area contributed by atoms with E-state index in [9.17, 15) is 23.2 Å². The predicted octanol–water partition coefficient (Wildman–Crippen LogP) is 5.31. The zero-order valence-corrected chi connectivity index (χ0v) is 22.5. The molecule has 8 heteroatoms. The summed E-state index contributed by atoms with van der Waals surface area (Å²) in [5.74, 6) is -5.62. The van der Waals surface area contributed by atoms with Crippen LogP contribution in [0.5, 0.6) is 0 Å². The SMILES string of the molecule is CC(C)C[C@@H]1C(=O)N[C@H](C2Cc3ccccc3C2)C(=O)N1[C@@H](C(=O)CC(C)(C)C)c1cc(F)c(F)cc1F. The molecule has 2 aromatic carbocycles. The molecule has 5 nitrogen and oxygen atoms in total. The Morgan fingerprint density at radius 1 is 1.00 bits per heavy atom. The van der Waals surface area contributed by atoms with Gasteiger partial charge in [-0.3, -0.25) is 14.4 Å². The molecule has 2 aliphatic rings. The summed E-state index contributed by atoms with van der Waals surface area (Å²) in [4.78, 5) is 42.7. The zero-order chi connectivity index (χ0) is 27.9. The smallest absolute Gasteiger partial charge is 0.247 e. The zero-order valence-electron chi connectivity index (χ0n) is 22.5. The molecular formula is C30H35F3N2O3. The minimum absolute atomic E-state index is 0.0403. The van der Waals surface area contributed by atoms with Crippen molar-refractivity contribution in [1.82, 2.24) is 10.2 Å². The lowest BCUT2D eigenvalue weighted by atomic mass is 9.83. The number of ketones is 1. The van der Waals surface area contributed by atoms with Crippen LogP contribution in [-0.2, 0) is 27.2 Å². The number of nitrogens with zero attached hydrogens (tertiary/aromatic N) is 1. The number of fused-ring (bicyclic) bond motifs is 1. The van der Waals surface area contributed by atoms with Crippen LogP contribution in [0.25, 0.3) is 0 Å². The van der Waals surface area contributed by atoms with Crippen LogP contribution >= 0.6 is 0 Å². The number of halogens is 3. The molecule has 0 unspecified atom stereocenters. The second kappa shape index (κ2) is 10.5. The fourth-order valence-corrected chi connectivity index (χ4v) is 5.72. The molecule has 1 saturated heterocycles. The standard InChI is InChI=1S/C30H35F3N2O3/c1-16(2)10-24-28(37)34-26(19-11-17-8-6-7-9-18(17)12-19)29(38)35(24)27(25(36)15-30(3,4)5)20-13-22(32)23(33)14-21(20)31/h6-9,13-14,16,19,24,26-27H,10-12,15H2,1-5H3,(H,34,37)/t24-,26-,27-/m1/s1. The molecule has 4 rings (SSSR count). The van der Waals surface area contributed by atoms with Gasteiger partial charge in [0.05, 0.1) is 0 Å². The quantitative estimate of drug-likeness (QED) is 0.496. The third-order valence-electron chi connectivity index (χ3n) is 7.33. The number of carbonyl (C=O) groups is 3. The average Bonchev–Trinajstić information content (AvgIpc) is 3.24. The molecule has 3 atom stereocenters. The number of carbonyl (C=O) groups excluding carboxylic acids is 3. The summed E-state index contributed by atoms with van der Waals surface area (Å²) in [7, 11) is 0. The molecule has 1 aliphatic carbocycles. The van der Waals surface area contributed by atoms with E-state index >= 15 is 4.39 Å². The molecule has 2 aromatic rings. The Bertz CT molecular complexity index is 1230. The van der Waals surface area contributed by atoms with Crippen LogP contribution in [0, 0.1) is 34.7 Å². The van der Waals surface area contributed by atoms with E-state index in [0.29, 0.717) is 25.0 Å². The van der Waals surface area contributed by atoms with Crippen molar-refractivity contribution in [2.45, 2.75) is 78.4 Å². The monoisotopic (exact) mass is 528 g/mol. The van der Waals surface area contributed by atoms with Crippen molar-refractivity contribution in [2.75, 3.05) is 0 Å². The molecule has 2 amide bonds. The first kappa shape index (κ1) is 27.9. The predicted molar refractivity (Wildman–Crippen MR) is 137 cm³/mol. The highest BCUT2D eigenvalue weighted by atomic mass is 19.2. The Balaban J connectivity index is 1.82. The van der Waals surface area contributed by atoms with Crippen LogP contribution < -0.4 is 5.32 Å². The summed E-state index contributed by atoms with van der Waals surface area (Å²) < 4.78 is 43.5. The molecule has 0 saturated carbocycles. The molecule has 0 spiro atoms. The lowest BCUT2D eigenvalue weighted by molar-refractivity contribution is -0.157. The number of rotatable bonds is 7. The first-order chi connectivity index (χ1) is 17.8. The Morgan fingerprint density at radius 2 is 1.58 bits per heavy atom. The highest BCUT2D eigenvalue weighted by molar-refractivity contribution is 6.00. The van der Waals surface area contributed by atoms with Crippen molar-refractivity contribution in [3.63, 3.8) is 0 Å². The summed E-state index contributed by atoms with van der Waals surface area (Å²) in [6.45, 7) is 9.20. The van der Waals surface area contributed by atoms with Crippen LogP contribution in [-0.4, -0.2) is 34.6 Å². The Morgan fingerprint density at radius 3 is 2.13 bits per heavy atom. The lowest BCUT2D eigenvalue weighted by Crippen LogP contribution is -2.67. The van der Waals surface area contributed by atoms with E-state index in [4.69, 9.17) is 0 Å². The minimum atomic E-state index is -1.57. The van der Waals surface area contributed by atoms with Crippen molar-refractivity contribution >= 4 is 17.6 Å². The van der Waals surface area contributed by atoms with Gasteiger partial charge in [-0.25, -0.2) is 13.2 Å². The highest BCUT2D eigenvalue weighted by Gasteiger charge is 2.50. The first-order valence-electron chi connectivity index (χ1n) is 13.1. The summed E-state index contributed by atoms with van der Waals surface area (Å²) >= 11 is 0. The van der Waals surface area contributed by atoms with Crippen LogP contribution in [0.2, 0.25) is 0 Å². The Labute approximate surface area is 221 Å². The first-order valence-corrected chi connectivity index (χ1v) is 13.1. The second-order valence-electron chi connectivity index (χ2n) is 12.2. The van der Waals surface area contributed by atoms with Gasteiger partial charge in [-0.2, -0.15) is 0 Å². The summed E-state index contributed by atoms with van der Waals surface area (Å²) in [5.41, 5.74) is 1.19. The van der Waals surface area contributed by atoms with Gasteiger partial charge in [0.25, 0.3) is 0 Å². The third kappa shape index (κ3) is 5.64. The number of piperazine rings is 1. The van der Waals surface area contributed by atoms with Crippen LogP contribution in [0.15, 0.2) is 36.4 Å². The maximum Gasteiger partial charge on any atom is 0.247 e. The molecule has 204 valence electrons. The van der Waals surface area contributed by atoms with Gasteiger partial charge in [-0.05, 0) is 53.7 Å². The van der Waals surface area contributed by atoms with Gasteiger partial charge in [0.2, 0.25) is 11.8 Å². The largest absolute Gasteiger partial charge is 0.342 e. The number of Topliss-reactive ketones (excluding diaryl/α,β-unsaturated/α-hetero) is 1. The van der Waals surface area contributed by atoms with Crippen LogP contribution in [0.1, 0.15) is 70.2 Å². The van der Waals surface area contributed by atoms with Crippen molar-refractivity contribution in [2.24, 2.45) is 17.3 Å².